The van der Waals surface area contributed by atoms with Crippen molar-refractivity contribution in [3.63, 3.8) is 0 Å². The van der Waals surface area contributed by atoms with Crippen LogP contribution < -0.4 is 9.46 Å². The third kappa shape index (κ3) is 3.16. The number of rotatable bonds is 5. The Bertz CT molecular complexity index is 762. The van der Waals surface area contributed by atoms with Crippen LogP contribution in [-0.2, 0) is 10.0 Å². The van der Waals surface area contributed by atoms with Crippen LogP contribution in [0.3, 0.4) is 0 Å². The maximum Gasteiger partial charge on any atom is 0.354 e. The molecule has 0 saturated heterocycles. The number of aromatic carboxylic acids is 1. The highest BCUT2D eigenvalue weighted by Crippen LogP contribution is 2.22. The van der Waals surface area contributed by atoms with Crippen molar-refractivity contribution >= 4 is 21.7 Å². The maximum atomic E-state index is 12.2. The molecule has 0 unspecified atom stereocenters. The van der Waals surface area contributed by atoms with Crippen molar-refractivity contribution in [2.75, 3.05) is 11.8 Å². The third-order valence-electron chi connectivity index (χ3n) is 2.78. The first-order chi connectivity index (χ1) is 9.83. The molecule has 0 amide bonds. The van der Waals surface area contributed by atoms with Gasteiger partial charge in [0.2, 0.25) is 0 Å². The maximum absolute atomic E-state index is 12.2. The minimum atomic E-state index is -3.87. The van der Waals surface area contributed by atoms with Gasteiger partial charge >= 0.3 is 5.97 Å². The minimum Gasteiger partial charge on any atom is -0.497 e. The number of ether oxygens (including phenoxy) is 1. The molecular formula is C13H14N2O5S. The molecule has 2 aromatic rings. The zero-order valence-electron chi connectivity index (χ0n) is 11.4. The van der Waals surface area contributed by atoms with Crippen LogP contribution in [0.5, 0.6) is 5.75 Å². The van der Waals surface area contributed by atoms with E-state index in [-0.39, 0.29) is 16.3 Å². The van der Waals surface area contributed by atoms with Crippen molar-refractivity contribution < 1.29 is 23.1 Å². The number of carbonyl (C=O) groups is 1. The molecule has 0 aliphatic rings. The fourth-order valence-electron chi connectivity index (χ4n) is 1.80. The molecule has 2 rings (SSSR count). The molecule has 3 N–H and O–H groups in total. The summed E-state index contributed by atoms with van der Waals surface area (Å²) in [6, 6.07) is 7.19. The van der Waals surface area contributed by atoms with Gasteiger partial charge in [-0.25, -0.2) is 13.2 Å². The Morgan fingerprint density at radius 1 is 1.29 bits per heavy atom. The molecule has 8 heteroatoms. The van der Waals surface area contributed by atoms with Crippen molar-refractivity contribution in [1.82, 2.24) is 4.98 Å². The number of carboxylic acid groups (broad SMARTS) is 1. The highest BCUT2D eigenvalue weighted by Gasteiger charge is 2.20. The van der Waals surface area contributed by atoms with Crippen molar-refractivity contribution in [2.24, 2.45) is 0 Å². The standard InChI is InChI=1S/C13H14N2O5S/c1-8-7-11(12(14-8)13(16)17)15-21(18,19)10-5-3-9(20-2)4-6-10/h3-7,14-15H,1-2H3,(H,16,17). The Morgan fingerprint density at radius 3 is 2.43 bits per heavy atom. The molecule has 1 aromatic heterocycles. The fourth-order valence-corrected chi connectivity index (χ4v) is 2.86. The first-order valence-electron chi connectivity index (χ1n) is 5.93. The fraction of sp³-hybridized carbons (Fsp3) is 0.154. The largest absolute Gasteiger partial charge is 0.497 e. The first kappa shape index (κ1) is 14.9. The number of aromatic amines is 1. The zero-order valence-corrected chi connectivity index (χ0v) is 12.2. The summed E-state index contributed by atoms with van der Waals surface area (Å²) < 4.78 is 31.7. The molecule has 0 aliphatic heterocycles. The molecule has 0 spiro atoms. The average molecular weight is 310 g/mol. The number of sulfonamides is 1. The van der Waals surface area contributed by atoms with E-state index in [1.807, 2.05) is 0 Å². The molecule has 0 saturated carbocycles. The van der Waals surface area contributed by atoms with E-state index in [9.17, 15) is 13.2 Å². The van der Waals surface area contributed by atoms with E-state index in [1.54, 1.807) is 6.92 Å². The molecular weight excluding hydrogens is 296 g/mol. The van der Waals surface area contributed by atoms with Gasteiger partial charge in [-0.2, -0.15) is 0 Å². The lowest BCUT2D eigenvalue weighted by Gasteiger charge is -2.08. The lowest BCUT2D eigenvalue weighted by molar-refractivity contribution is 0.0692. The van der Waals surface area contributed by atoms with Gasteiger partial charge in [0.05, 0.1) is 17.7 Å². The normalized spacial score (nSPS) is 11.1. The Hall–Kier alpha value is -2.48. The molecule has 0 radical (unpaired) electrons. The van der Waals surface area contributed by atoms with Gasteiger partial charge < -0.3 is 14.8 Å². The number of benzene rings is 1. The molecule has 21 heavy (non-hydrogen) atoms. The first-order valence-corrected chi connectivity index (χ1v) is 7.41. The van der Waals surface area contributed by atoms with Gasteiger partial charge in [-0.15, -0.1) is 0 Å². The number of methoxy groups -OCH3 is 1. The predicted molar refractivity (Wildman–Crippen MR) is 76.3 cm³/mol. The van der Waals surface area contributed by atoms with Gasteiger partial charge in [-0.05, 0) is 37.3 Å². The molecule has 0 atom stereocenters. The van der Waals surface area contributed by atoms with Crippen LogP contribution in [0.2, 0.25) is 0 Å². The number of nitrogens with one attached hydrogen (secondary N) is 2. The number of hydrogen-bond donors (Lipinski definition) is 3. The van der Waals surface area contributed by atoms with Crippen LogP contribution in [0, 0.1) is 6.92 Å². The summed E-state index contributed by atoms with van der Waals surface area (Å²) in [5.41, 5.74) is 0.334. The van der Waals surface area contributed by atoms with E-state index < -0.39 is 16.0 Å². The van der Waals surface area contributed by atoms with Crippen molar-refractivity contribution in [1.29, 1.82) is 0 Å². The van der Waals surface area contributed by atoms with E-state index in [2.05, 4.69) is 9.71 Å². The van der Waals surface area contributed by atoms with E-state index in [0.717, 1.165) is 0 Å². The van der Waals surface area contributed by atoms with Crippen molar-refractivity contribution in [2.45, 2.75) is 11.8 Å². The van der Waals surface area contributed by atoms with Crippen LogP contribution in [0.1, 0.15) is 16.2 Å². The lowest BCUT2D eigenvalue weighted by Crippen LogP contribution is -2.14. The second-order valence-electron chi connectivity index (χ2n) is 4.33. The Kier molecular flexibility index (Phi) is 3.90. The summed E-state index contributed by atoms with van der Waals surface area (Å²) in [5.74, 6) is -0.715. The Morgan fingerprint density at radius 2 is 1.90 bits per heavy atom. The summed E-state index contributed by atoms with van der Waals surface area (Å²) in [6.45, 7) is 1.64. The van der Waals surface area contributed by atoms with E-state index in [4.69, 9.17) is 9.84 Å². The van der Waals surface area contributed by atoms with Crippen LogP contribution in [0.25, 0.3) is 0 Å². The predicted octanol–water partition coefficient (Wildman–Crippen LogP) is 1.83. The monoisotopic (exact) mass is 310 g/mol. The second-order valence-corrected chi connectivity index (χ2v) is 6.01. The molecule has 112 valence electrons. The van der Waals surface area contributed by atoms with Crippen molar-refractivity contribution in [3.05, 3.63) is 41.7 Å². The number of carboxylic acids is 1. The summed E-state index contributed by atoms with van der Waals surface area (Å²) in [6.07, 6.45) is 0. The number of aromatic nitrogens is 1. The summed E-state index contributed by atoms with van der Waals surface area (Å²) >= 11 is 0. The quantitative estimate of drug-likeness (QED) is 0.780. The molecule has 1 heterocycles. The summed E-state index contributed by atoms with van der Waals surface area (Å²) in [4.78, 5) is 13.7. The minimum absolute atomic E-state index is 0.00387. The number of H-pyrrole nitrogens is 1. The summed E-state index contributed by atoms with van der Waals surface area (Å²) in [5, 5.41) is 9.03. The van der Waals surface area contributed by atoms with Crippen LogP contribution in [-0.4, -0.2) is 31.6 Å². The lowest BCUT2D eigenvalue weighted by atomic mass is 10.3. The highest BCUT2D eigenvalue weighted by molar-refractivity contribution is 7.92. The third-order valence-corrected chi connectivity index (χ3v) is 4.16. The van der Waals surface area contributed by atoms with E-state index in [1.165, 1.54) is 37.4 Å². The molecule has 0 bridgehead atoms. The smallest absolute Gasteiger partial charge is 0.354 e. The van der Waals surface area contributed by atoms with Gasteiger partial charge in [0.15, 0.2) is 0 Å². The van der Waals surface area contributed by atoms with Crippen LogP contribution in [0.15, 0.2) is 35.2 Å². The van der Waals surface area contributed by atoms with E-state index >= 15 is 0 Å². The topological polar surface area (TPSA) is 108 Å². The average Bonchev–Trinajstić information content (AvgIpc) is 2.79. The summed E-state index contributed by atoms with van der Waals surface area (Å²) in [7, 11) is -2.39. The number of anilines is 1. The Labute approximate surface area is 121 Å². The SMILES string of the molecule is COc1ccc(S(=O)(=O)Nc2cc(C)[nH]c2C(=O)O)cc1. The van der Waals surface area contributed by atoms with Gasteiger partial charge in [0.1, 0.15) is 11.4 Å². The molecule has 0 fully saturated rings. The Balaban J connectivity index is 2.34. The molecule has 0 aliphatic carbocycles. The molecule has 1 aromatic carbocycles. The second kappa shape index (κ2) is 5.49. The van der Waals surface area contributed by atoms with Crippen LogP contribution in [0.4, 0.5) is 5.69 Å². The van der Waals surface area contributed by atoms with Crippen LogP contribution >= 0.6 is 0 Å². The highest BCUT2D eigenvalue weighted by atomic mass is 32.2. The van der Waals surface area contributed by atoms with Gasteiger partial charge in [-0.3, -0.25) is 4.72 Å². The van der Waals surface area contributed by atoms with Gasteiger partial charge in [0, 0.05) is 5.69 Å². The zero-order chi connectivity index (χ0) is 15.6. The number of hydrogen-bond acceptors (Lipinski definition) is 4. The van der Waals surface area contributed by atoms with Crippen molar-refractivity contribution in [3.8, 4) is 5.75 Å². The molecule has 7 nitrogen and oxygen atoms in total. The van der Waals surface area contributed by atoms with Gasteiger partial charge in [0.25, 0.3) is 10.0 Å². The van der Waals surface area contributed by atoms with E-state index in [0.29, 0.717) is 11.4 Å². The van der Waals surface area contributed by atoms with Gasteiger partial charge in [-0.1, -0.05) is 0 Å². The number of aryl methyl sites for hydroxylation is 1.